The van der Waals surface area contributed by atoms with Gasteiger partial charge in [0.1, 0.15) is 5.41 Å². The zero-order chi connectivity index (χ0) is 27.4. The molecule has 2 amide bonds. The number of likely N-dealkylation sites (tertiary alicyclic amines) is 1. The van der Waals surface area contributed by atoms with E-state index in [1.54, 1.807) is 47.7 Å². The minimum atomic E-state index is -1.24. The van der Waals surface area contributed by atoms with Crippen molar-refractivity contribution >= 4 is 34.4 Å². The second-order valence-electron chi connectivity index (χ2n) is 9.73. The van der Waals surface area contributed by atoms with Crippen LogP contribution in [0.1, 0.15) is 52.9 Å². The predicted molar refractivity (Wildman–Crippen MR) is 148 cm³/mol. The number of esters is 1. The van der Waals surface area contributed by atoms with Gasteiger partial charge in [-0.15, -0.1) is 0 Å². The van der Waals surface area contributed by atoms with Crippen LogP contribution >= 0.6 is 0 Å². The van der Waals surface area contributed by atoms with Gasteiger partial charge in [-0.3, -0.25) is 19.2 Å². The molecule has 1 N–H and O–H groups in total. The van der Waals surface area contributed by atoms with Crippen molar-refractivity contribution in [3.63, 3.8) is 0 Å². The first-order valence-electron chi connectivity index (χ1n) is 13.3. The van der Waals surface area contributed by atoms with E-state index < -0.39 is 17.3 Å². The number of amides is 2. The number of fused-ring (bicyclic) bond motifs is 1. The molecular formula is C30H35N3O5. The third-order valence-corrected chi connectivity index (χ3v) is 7.64. The normalized spacial score (nSPS) is 13.5. The van der Waals surface area contributed by atoms with E-state index in [0.717, 1.165) is 23.7 Å². The van der Waals surface area contributed by atoms with E-state index >= 15 is 0 Å². The van der Waals surface area contributed by atoms with E-state index in [0.29, 0.717) is 37.1 Å². The SMILES string of the molecule is CCC(=O)Oc1c(NC(=O)C(CC)(CC)C(=O)N2CCCC2)cccc1-c1cc2ccccc2n(C)c1=O. The van der Waals surface area contributed by atoms with Crippen molar-refractivity contribution in [2.24, 2.45) is 12.5 Å². The standard InChI is InChI=1S/C30H35N3O5/c1-5-25(34)38-26-21(22-19-20-13-8-9-16-24(20)32(4)27(22)35)14-12-15-23(26)31-28(36)30(6-2,7-3)29(37)33-17-10-11-18-33/h8-9,12-16,19H,5-7,10-11,17-18H2,1-4H3,(H,31,36). The summed E-state index contributed by atoms with van der Waals surface area (Å²) in [5.74, 6) is -1.04. The molecule has 8 heteroatoms. The number of nitrogens with zero attached hydrogens (tertiary/aromatic N) is 2. The maximum Gasteiger partial charge on any atom is 0.310 e. The third-order valence-electron chi connectivity index (χ3n) is 7.64. The first-order chi connectivity index (χ1) is 18.3. The molecule has 2 heterocycles. The lowest BCUT2D eigenvalue weighted by Gasteiger charge is -2.33. The van der Waals surface area contributed by atoms with Crippen molar-refractivity contribution < 1.29 is 19.1 Å². The van der Waals surface area contributed by atoms with Crippen LogP contribution in [0.3, 0.4) is 0 Å². The van der Waals surface area contributed by atoms with Gasteiger partial charge in [0.05, 0.1) is 16.8 Å². The summed E-state index contributed by atoms with van der Waals surface area (Å²) >= 11 is 0. The molecule has 1 aliphatic rings. The fraction of sp³-hybridized carbons (Fsp3) is 0.400. The highest BCUT2D eigenvalue weighted by atomic mass is 16.5. The van der Waals surface area contributed by atoms with Crippen molar-refractivity contribution in [2.75, 3.05) is 18.4 Å². The zero-order valence-corrected chi connectivity index (χ0v) is 22.5. The number of nitrogens with one attached hydrogen (secondary N) is 1. The summed E-state index contributed by atoms with van der Waals surface area (Å²) in [5.41, 5.74) is 0.235. The Morgan fingerprint density at radius 2 is 1.63 bits per heavy atom. The lowest BCUT2D eigenvalue weighted by atomic mass is 9.79. The minimum absolute atomic E-state index is 0.0924. The number of rotatable bonds is 8. The molecule has 38 heavy (non-hydrogen) atoms. The van der Waals surface area contributed by atoms with Gasteiger partial charge >= 0.3 is 5.97 Å². The van der Waals surface area contributed by atoms with Gasteiger partial charge in [0.2, 0.25) is 11.8 Å². The van der Waals surface area contributed by atoms with E-state index in [9.17, 15) is 19.2 Å². The first-order valence-corrected chi connectivity index (χ1v) is 13.3. The number of hydrogen-bond donors (Lipinski definition) is 1. The lowest BCUT2D eigenvalue weighted by Crippen LogP contribution is -2.49. The number of hydrogen-bond acceptors (Lipinski definition) is 5. The topological polar surface area (TPSA) is 97.7 Å². The first kappa shape index (κ1) is 27.1. The molecule has 0 unspecified atom stereocenters. The van der Waals surface area contributed by atoms with Crippen LogP contribution in [0.5, 0.6) is 5.75 Å². The molecule has 0 bridgehead atoms. The van der Waals surface area contributed by atoms with Crippen molar-refractivity contribution in [2.45, 2.75) is 52.9 Å². The Hall–Kier alpha value is -3.94. The lowest BCUT2D eigenvalue weighted by molar-refractivity contribution is -0.148. The maximum absolute atomic E-state index is 13.8. The highest BCUT2D eigenvalue weighted by Gasteiger charge is 2.45. The zero-order valence-electron chi connectivity index (χ0n) is 22.5. The highest BCUT2D eigenvalue weighted by molar-refractivity contribution is 6.11. The smallest absolute Gasteiger partial charge is 0.310 e. The highest BCUT2D eigenvalue weighted by Crippen LogP contribution is 2.39. The summed E-state index contributed by atoms with van der Waals surface area (Å²) in [6, 6.07) is 14.3. The number of carbonyl (C=O) groups excluding carboxylic acids is 3. The monoisotopic (exact) mass is 517 g/mol. The molecule has 8 nitrogen and oxygen atoms in total. The van der Waals surface area contributed by atoms with Crippen molar-refractivity contribution in [3.8, 4) is 16.9 Å². The average molecular weight is 518 g/mol. The molecule has 0 atom stereocenters. The second kappa shape index (κ2) is 11.2. The number of anilines is 1. The molecule has 2 aromatic carbocycles. The summed E-state index contributed by atoms with van der Waals surface area (Å²) in [5, 5.41) is 3.74. The minimum Gasteiger partial charge on any atom is -0.424 e. The molecule has 4 rings (SSSR count). The molecule has 1 aromatic heterocycles. The summed E-state index contributed by atoms with van der Waals surface area (Å²) in [4.78, 5) is 54.9. The molecular weight excluding hydrogens is 482 g/mol. The van der Waals surface area contributed by atoms with E-state index in [2.05, 4.69) is 5.32 Å². The number of aryl methyl sites for hydroxylation is 1. The van der Waals surface area contributed by atoms with Gasteiger partial charge in [-0.05, 0) is 49.3 Å². The average Bonchev–Trinajstić information content (AvgIpc) is 3.47. The molecule has 0 aliphatic carbocycles. The summed E-state index contributed by atoms with van der Waals surface area (Å²) < 4.78 is 7.28. The van der Waals surface area contributed by atoms with Gasteiger partial charge in [0, 0.05) is 32.1 Å². The summed E-state index contributed by atoms with van der Waals surface area (Å²) in [6.07, 6.45) is 2.63. The van der Waals surface area contributed by atoms with E-state index in [4.69, 9.17) is 4.74 Å². The Labute approximate surface area is 222 Å². The molecule has 3 aromatic rings. The van der Waals surface area contributed by atoms with Crippen LogP contribution in [0.4, 0.5) is 5.69 Å². The summed E-state index contributed by atoms with van der Waals surface area (Å²) in [7, 11) is 1.69. The van der Waals surface area contributed by atoms with Crippen LogP contribution in [0.25, 0.3) is 22.0 Å². The Morgan fingerprint density at radius 3 is 2.29 bits per heavy atom. The number of aromatic nitrogens is 1. The van der Waals surface area contributed by atoms with Crippen LogP contribution in [0, 0.1) is 5.41 Å². The number of para-hydroxylation sites is 2. The quantitative estimate of drug-likeness (QED) is 0.261. The van der Waals surface area contributed by atoms with Crippen LogP contribution in [-0.4, -0.2) is 40.3 Å². The molecule has 1 saturated heterocycles. The predicted octanol–water partition coefficient (Wildman–Crippen LogP) is 4.89. The van der Waals surface area contributed by atoms with E-state index in [1.165, 1.54) is 0 Å². The van der Waals surface area contributed by atoms with Crippen LogP contribution in [0.15, 0.2) is 53.3 Å². The maximum atomic E-state index is 13.8. The molecule has 1 aliphatic heterocycles. The second-order valence-corrected chi connectivity index (χ2v) is 9.73. The fourth-order valence-electron chi connectivity index (χ4n) is 5.19. The Kier molecular flexibility index (Phi) is 7.99. The summed E-state index contributed by atoms with van der Waals surface area (Å²) in [6.45, 7) is 6.64. The van der Waals surface area contributed by atoms with Crippen molar-refractivity contribution in [3.05, 3.63) is 58.9 Å². The van der Waals surface area contributed by atoms with Gasteiger partial charge in [0.25, 0.3) is 5.56 Å². The Balaban J connectivity index is 1.82. The van der Waals surface area contributed by atoms with E-state index in [-0.39, 0.29) is 29.3 Å². The number of benzene rings is 2. The van der Waals surface area contributed by atoms with Crippen molar-refractivity contribution in [1.29, 1.82) is 0 Å². The van der Waals surface area contributed by atoms with Crippen LogP contribution in [-0.2, 0) is 21.4 Å². The number of ether oxygens (including phenoxy) is 1. The number of pyridine rings is 1. The third kappa shape index (κ3) is 4.83. The van der Waals surface area contributed by atoms with Gasteiger partial charge in [-0.1, -0.05) is 51.1 Å². The Morgan fingerprint density at radius 1 is 0.947 bits per heavy atom. The van der Waals surface area contributed by atoms with Crippen LogP contribution in [0.2, 0.25) is 0 Å². The molecule has 200 valence electrons. The van der Waals surface area contributed by atoms with Gasteiger partial charge in [-0.2, -0.15) is 0 Å². The van der Waals surface area contributed by atoms with Crippen molar-refractivity contribution in [1.82, 2.24) is 9.47 Å². The molecule has 1 fully saturated rings. The fourth-order valence-corrected chi connectivity index (χ4v) is 5.19. The Bertz CT molecular complexity index is 1430. The largest absolute Gasteiger partial charge is 0.424 e. The van der Waals surface area contributed by atoms with Gasteiger partial charge in [0.15, 0.2) is 5.75 Å². The van der Waals surface area contributed by atoms with Gasteiger partial charge in [-0.25, -0.2) is 0 Å². The number of carbonyl (C=O) groups is 3. The van der Waals surface area contributed by atoms with Crippen LogP contribution < -0.4 is 15.6 Å². The molecule has 0 radical (unpaired) electrons. The van der Waals surface area contributed by atoms with Gasteiger partial charge < -0.3 is 19.5 Å². The van der Waals surface area contributed by atoms with E-state index in [1.807, 2.05) is 38.1 Å². The molecule has 0 spiro atoms. The molecule has 0 saturated carbocycles.